The van der Waals surface area contributed by atoms with Gasteiger partial charge in [-0.3, -0.25) is 19.5 Å². The molecule has 0 saturated carbocycles. The van der Waals surface area contributed by atoms with E-state index in [1.165, 1.54) is 11.9 Å². The number of pyridine rings is 1. The second kappa shape index (κ2) is 13.7. The van der Waals surface area contributed by atoms with Crippen LogP contribution in [0.4, 0.5) is 4.79 Å². The lowest BCUT2D eigenvalue weighted by Crippen LogP contribution is -2.55. The van der Waals surface area contributed by atoms with Crippen molar-refractivity contribution < 1.29 is 28.7 Å². The standard InChI is InChI=1S/C34H45N5O6/c1-9-44-32(42)26-20-39(28-14-11-10-13-25(26)28)24-17-23(18-35-19-24)27-15-12-16-38(27)31(41)29(21(2)3)36-30(40)22(4)37(8)33(43)45-34(5,6)7/h10-11,13-14,17-22,27,29H,9,12,15-16H2,1-8H3,(H,36,40). The van der Waals surface area contributed by atoms with E-state index in [4.69, 9.17) is 9.47 Å². The fraction of sp³-hybridized carbons (Fsp3) is 0.500. The number of benzene rings is 1. The van der Waals surface area contributed by atoms with Gasteiger partial charge in [-0.25, -0.2) is 9.59 Å². The maximum Gasteiger partial charge on any atom is 0.410 e. The van der Waals surface area contributed by atoms with Crippen molar-refractivity contribution >= 4 is 34.8 Å². The topological polar surface area (TPSA) is 123 Å². The summed E-state index contributed by atoms with van der Waals surface area (Å²) in [5, 5.41) is 3.68. The first kappa shape index (κ1) is 33.5. The summed E-state index contributed by atoms with van der Waals surface area (Å²) in [4.78, 5) is 60.1. The van der Waals surface area contributed by atoms with E-state index in [0.29, 0.717) is 12.1 Å². The molecule has 3 aromatic rings. The largest absolute Gasteiger partial charge is 0.462 e. The van der Waals surface area contributed by atoms with Crippen LogP contribution < -0.4 is 5.32 Å². The lowest BCUT2D eigenvalue weighted by molar-refractivity contribution is -0.139. The number of ether oxygens (including phenoxy) is 2. The Morgan fingerprint density at radius 3 is 2.49 bits per heavy atom. The van der Waals surface area contributed by atoms with Crippen LogP contribution in [-0.2, 0) is 19.1 Å². The number of amides is 3. The van der Waals surface area contributed by atoms with Crippen LogP contribution >= 0.6 is 0 Å². The first-order valence-electron chi connectivity index (χ1n) is 15.5. The van der Waals surface area contributed by atoms with E-state index < -0.39 is 35.7 Å². The van der Waals surface area contributed by atoms with Gasteiger partial charge in [-0.1, -0.05) is 32.0 Å². The number of hydrogen-bond donors (Lipinski definition) is 1. The highest BCUT2D eigenvalue weighted by Crippen LogP contribution is 2.34. The third-order valence-electron chi connectivity index (χ3n) is 8.02. The summed E-state index contributed by atoms with van der Waals surface area (Å²) in [7, 11) is 1.50. The molecule has 3 heterocycles. The fourth-order valence-electron chi connectivity index (χ4n) is 5.53. The molecule has 1 aromatic carbocycles. The van der Waals surface area contributed by atoms with Gasteiger partial charge in [-0.15, -0.1) is 0 Å². The molecule has 3 atom stereocenters. The van der Waals surface area contributed by atoms with Crippen LogP contribution in [-0.4, -0.2) is 81.1 Å². The average molecular weight is 620 g/mol. The lowest BCUT2D eigenvalue weighted by Gasteiger charge is -2.33. The normalized spacial score (nSPS) is 16.4. The minimum Gasteiger partial charge on any atom is -0.462 e. The minimum absolute atomic E-state index is 0.186. The molecule has 3 amide bonds. The van der Waals surface area contributed by atoms with Crippen LogP contribution in [0.15, 0.2) is 48.9 Å². The number of nitrogens with zero attached hydrogens (tertiary/aromatic N) is 4. The average Bonchev–Trinajstić information content (AvgIpc) is 3.64. The first-order chi connectivity index (χ1) is 21.2. The van der Waals surface area contributed by atoms with E-state index >= 15 is 0 Å². The number of likely N-dealkylation sites (N-methyl/N-ethyl adjacent to an activating group) is 1. The molecule has 45 heavy (non-hydrogen) atoms. The zero-order chi connectivity index (χ0) is 33.1. The molecule has 4 rings (SSSR count). The zero-order valence-electron chi connectivity index (χ0n) is 27.5. The minimum atomic E-state index is -0.847. The van der Waals surface area contributed by atoms with Gasteiger partial charge < -0.3 is 24.3 Å². The number of aromatic nitrogens is 2. The van der Waals surface area contributed by atoms with Gasteiger partial charge in [-0.2, -0.15) is 0 Å². The molecule has 0 aliphatic carbocycles. The van der Waals surface area contributed by atoms with Crippen LogP contribution in [0, 0.1) is 5.92 Å². The van der Waals surface area contributed by atoms with Crippen LogP contribution in [0.1, 0.15) is 83.3 Å². The number of esters is 1. The van der Waals surface area contributed by atoms with Crippen molar-refractivity contribution in [2.75, 3.05) is 20.2 Å². The van der Waals surface area contributed by atoms with E-state index in [2.05, 4.69) is 10.3 Å². The summed E-state index contributed by atoms with van der Waals surface area (Å²) >= 11 is 0. The third-order valence-corrected chi connectivity index (χ3v) is 8.02. The van der Waals surface area contributed by atoms with Gasteiger partial charge in [0.2, 0.25) is 11.8 Å². The molecule has 1 aliphatic rings. The fourth-order valence-corrected chi connectivity index (χ4v) is 5.53. The van der Waals surface area contributed by atoms with Gasteiger partial charge in [-0.05, 0) is 71.1 Å². The number of carbonyl (C=O) groups excluding carboxylic acids is 4. The molecule has 0 radical (unpaired) electrons. The molecule has 1 N–H and O–H groups in total. The van der Waals surface area contributed by atoms with E-state index in [1.807, 2.05) is 53.6 Å². The highest BCUT2D eigenvalue weighted by molar-refractivity contribution is 6.05. The molecule has 1 saturated heterocycles. The maximum absolute atomic E-state index is 14.0. The van der Waals surface area contributed by atoms with E-state index in [-0.39, 0.29) is 24.5 Å². The zero-order valence-corrected chi connectivity index (χ0v) is 27.5. The summed E-state index contributed by atoms with van der Waals surface area (Å²) in [6.45, 7) is 13.3. The van der Waals surface area contributed by atoms with E-state index in [0.717, 1.165) is 35.0 Å². The number of hydrogen-bond acceptors (Lipinski definition) is 7. The van der Waals surface area contributed by atoms with Gasteiger partial charge >= 0.3 is 12.1 Å². The highest BCUT2D eigenvalue weighted by Gasteiger charge is 2.38. The Bertz CT molecular complexity index is 1560. The van der Waals surface area contributed by atoms with E-state index in [1.54, 1.807) is 53.2 Å². The monoisotopic (exact) mass is 619 g/mol. The van der Waals surface area contributed by atoms with Gasteiger partial charge in [0.1, 0.15) is 17.7 Å². The summed E-state index contributed by atoms with van der Waals surface area (Å²) in [5.41, 5.74) is 2.23. The molecule has 242 valence electrons. The molecular formula is C34H45N5O6. The van der Waals surface area contributed by atoms with Crippen LogP contribution in [0.2, 0.25) is 0 Å². The number of carbonyl (C=O) groups is 4. The van der Waals surface area contributed by atoms with Gasteiger partial charge in [0.15, 0.2) is 0 Å². The smallest absolute Gasteiger partial charge is 0.410 e. The molecule has 0 spiro atoms. The second-order valence-corrected chi connectivity index (χ2v) is 12.8. The SMILES string of the molecule is CCOC(=O)c1cn(-c2cncc(C3CCCN3C(=O)C(NC(=O)C(C)N(C)C(=O)OC(C)(C)C)C(C)C)c2)c2ccccc12. The van der Waals surface area contributed by atoms with Crippen molar-refractivity contribution in [3.8, 4) is 5.69 Å². The molecule has 1 fully saturated rings. The van der Waals surface area contributed by atoms with Crippen molar-refractivity contribution in [3.05, 3.63) is 60.0 Å². The Hall–Kier alpha value is -4.41. The molecule has 11 heteroatoms. The molecule has 2 aromatic heterocycles. The second-order valence-electron chi connectivity index (χ2n) is 12.8. The van der Waals surface area contributed by atoms with Gasteiger partial charge in [0, 0.05) is 31.4 Å². The number of para-hydroxylation sites is 1. The molecular weight excluding hydrogens is 574 g/mol. The maximum atomic E-state index is 14.0. The molecule has 1 aliphatic heterocycles. The summed E-state index contributed by atoms with van der Waals surface area (Å²) in [6, 6.07) is 7.74. The molecule has 0 bridgehead atoms. The first-order valence-corrected chi connectivity index (χ1v) is 15.5. The van der Waals surface area contributed by atoms with Crippen LogP contribution in [0.3, 0.4) is 0 Å². The van der Waals surface area contributed by atoms with Crippen LogP contribution in [0.5, 0.6) is 0 Å². The quantitative estimate of drug-likeness (QED) is 0.324. The van der Waals surface area contributed by atoms with Crippen molar-refractivity contribution in [1.29, 1.82) is 0 Å². The predicted octanol–water partition coefficient (Wildman–Crippen LogP) is 5.26. The van der Waals surface area contributed by atoms with Crippen molar-refractivity contribution in [1.82, 2.24) is 24.7 Å². The number of likely N-dealkylation sites (tertiary alicyclic amines) is 1. The summed E-state index contributed by atoms with van der Waals surface area (Å²) < 4.78 is 12.6. The van der Waals surface area contributed by atoms with Gasteiger partial charge in [0.05, 0.1) is 35.6 Å². The number of nitrogens with one attached hydrogen (secondary N) is 1. The Labute approximate surface area is 264 Å². The summed E-state index contributed by atoms with van der Waals surface area (Å²) in [6.07, 6.45) is 6.18. The van der Waals surface area contributed by atoms with Crippen molar-refractivity contribution in [2.24, 2.45) is 5.92 Å². The van der Waals surface area contributed by atoms with Crippen molar-refractivity contribution in [3.63, 3.8) is 0 Å². The number of rotatable bonds is 9. The Kier molecular flexibility index (Phi) is 10.2. The molecule has 11 nitrogen and oxygen atoms in total. The lowest BCUT2D eigenvalue weighted by atomic mass is 10.00. The molecule has 3 unspecified atom stereocenters. The number of fused-ring (bicyclic) bond motifs is 1. The summed E-state index contributed by atoms with van der Waals surface area (Å²) in [5.74, 6) is -1.21. The predicted molar refractivity (Wildman–Crippen MR) is 171 cm³/mol. The van der Waals surface area contributed by atoms with Gasteiger partial charge in [0.25, 0.3) is 0 Å². The third kappa shape index (κ3) is 7.46. The van der Waals surface area contributed by atoms with Crippen molar-refractivity contribution in [2.45, 2.75) is 85.0 Å². The Morgan fingerprint density at radius 1 is 1.11 bits per heavy atom. The highest BCUT2D eigenvalue weighted by atomic mass is 16.6. The Balaban J connectivity index is 1.57. The van der Waals surface area contributed by atoms with E-state index in [9.17, 15) is 19.2 Å². The Morgan fingerprint density at radius 2 is 1.82 bits per heavy atom. The van der Waals surface area contributed by atoms with Crippen LogP contribution in [0.25, 0.3) is 16.6 Å².